The Morgan fingerprint density at radius 3 is 2.58 bits per heavy atom. The van der Waals surface area contributed by atoms with Crippen molar-refractivity contribution in [1.82, 2.24) is 0 Å². The maximum absolute atomic E-state index is 14.1. The van der Waals surface area contributed by atoms with Crippen molar-refractivity contribution >= 4 is 40.5 Å². The van der Waals surface area contributed by atoms with Gasteiger partial charge >= 0.3 is 0 Å². The maximum atomic E-state index is 14.1. The van der Waals surface area contributed by atoms with Gasteiger partial charge in [0.15, 0.2) is 5.05 Å². The third kappa shape index (κ3) is 6.36. The molecule has 0 bridgehead atoms. The van der Waals surface area contributed by atoms with E-state index in [1.54, 1.807) is 0 Å². The van der Waals surface area contributed by atoms with Crippen LogP contribution in [0.4, 0.5) is 10.1 Å². The van der Waals surface area contributed by atoms with Gasteiger partial charge in [0.25, 0.3) is 0 Å². The van der Waals surface area contributed by atoms with E-state index in [0.717, 1.165) is 12.8 Å². The van der Waals surface area contributed by atoms with Crippen molar-refractivity contribution in [1.29, 1.82) is 0 Å². The van der Waals surface area contributed by atoms with Crippen LogP contribution in [0, 0.1) is 11.7 Å². The van der Waals surface area contributed by atoms with Crippen molar-refractivity contribution in [2.24, 2.45) is 5.92 Å². The van der Waals surface area contributed by atoms with Gasteiger partial charge in [0.05, 0.1) is 12.3 Å². The molecule has 1 aromatic carbocycles. The lowest BCUT2D eigenvalue weighted by molar-refractivity contribution is -0.120. The number of amides is 1. The number of carbonyl (C=O) groups is 1. The third-order valence-electron chi connectivity index (χ3n) is 3.85. The first-order chi connectivity index (χ1) is 11.4. The quantitative estimate of drug-likeness (QED) is 0.456. The van der Waals surface area contributed by atoms with Crippen molar-refractivity contribution in [2.75, 3.05) is 11.9 Å². The van der Waals surface area contributed by atoms with Crippen molar-refractivity contribution in [3.8, 4) is 0 Å². The number of halogens is 2. The van der Waals surface area contributed by atoms with Crippen LogP contribution >= 0.6 is 23.8 Å². The summed E-state index contributed by atoms with van der Waals surface area (Å²) in [6.45, 7) is 6.50. The minimum Gasteiger partial charge on any atom is -0.487 e. The molecule has 0 heterocycles. The minimum atomic E-state index is -0.555. The highest BCUT2D eigenvalue weighted by Crippen LogP contribution is 2.26. The molecule has 24 heavy (non-hydrogen) atoms. The zero-order valence-corrected chi connectivity index (χ0v) is 16.0. The number of carbonyl (C=O) groups excluding carboxylic acids is 1. The smallest absolute Gasteiger partial charge is 0.227 e. The second kappa shape index (κ2) is 10.6. The first-order valence-electron chi connectivity index (χ1n) is 8.37. The SMILES string of the molecule is CCCCOC(=S)Cc1cc(NC(=O)C(CC)CC)c(F)cc1Cl. The molecule has 6 heteroatoms. The van der Waals surface area contributed by atoms with Gasteiger partial charge in [0.1, 0.15) is 5.82 Å². The summed E-state index contributed by atoms with van der Waals surface area (Å²) in [4.78, 5) is 12.2. The van der Waals surface area contributed by atoms with Gasteiger partial charge in [0.2, 0.25) is 5.91 Å². The second-order valence-electron chi connectivity index (χ2n) is 5.68. The van der Waals surface area contributed by atoms with Crippen molar-refractivity contribution in [3.05, 3.63) is 28.5 Å². The fraction of sp³-hybridized carbons (Fsp3) is 0.556. The fourth-order valence-corrected chi connectivity index (χ4v) is 2.71. The molecule has 0 aromatic heterocycles. The van der Waals surface area contributed by atoms with Crippen molar-refractivity contribution in [3.63, 3.8) is 0 Å². The highest BCUT2D eigenvalue weighted by Gasteiger charge is 2.17. The summed E-state index contributed by atoms with van der Waals surface area (Å²) in [6.07, 6.45) is 3.67. The van der Waals surface area contributed by atoms with E-state index in [4.69, 9.17) is 28.6 Å². The summed E-state index contributed by atoms with van der Waals surface area (Å²) in [5.41, 5.74) is 0.766. The molecule has 0 fully saturated rings. The Bertz CT molecular complexity index is 576. The molecule has 134 valence electrons. The normalized spacial score (nSPS) is 10.8. The Balaban J connectivity index is 2.85. The molecule has 0 spiro atoms. The molecular weight excluding hydrogens is 349 g/mol. The highest BCUT2D eigenvalue weighted by molar-refractivity contribution is 7.80. The summed E-state index contributed by atoms with van der Waals surface area (Å²) in [5.74, 6) is -0.878. The molecule has 0 radical (unpaired) electrons. The molecule has 0 unspecified atom stereocenters. The standard InChI is InChI=1S/C18H25ClFNO2S/c1-4-7-8-23-17(24)10-13-9-16(15(20)11-14(13)19)21-18(22)12(5-2)6-3/h9,11-12H,4-8,10H2,1-3H3,(H,21,22). The van der Waals surface area contributed by atoms with Crippen LogP contribution in [0.1, 0.15) is 52.0 Å². The van der Waals surface area contributed by atoms with Gasteiger partial charge in [-0.1, -0.05) is 38.8 Å². The molecule has 1 N–H and O–H groups in total. The molecule has 1 aromatic rings. The first kappa shape index (κ1) is 20.8. The van der Waals surface area contributed by atoms with Gasteiger partial charge in [0, 0.05) is 17.4 Å². The fourth-order valence-electron chi connectivity index (χ4n) is 2.26. The van der Waals surface area contributed by atoms with Crippen LogP contribution in [-0.2, 0) is 16.0 Å². The molecule has 0 aliphatic carbocycles. The van der Waals surface area contributed by atoms with E-state index in [2.05, 4.69) is 12.2 Å². The lowest BCUT2D eigenvalue weighted by atomic mass is 10.0. The Morgan fingerprint density at radius 2 is 2.00 bits per heavy atom. The van der Waals surface area contributed by atoms with E-state index in [1.165, 1.54) is 12.1 Å². The maximum Gasteiger partial charge on any atom is 0.227 e. The number of unbranched alkanes of at least 4 members (excludes halogenated alkanes) is 1. The summed E-state index contributed by atoms with van der Waals surface area (Å²) >= 11 is 11.3. The predicted molar refractivity (Wildman–Crippen MR) is 101 cm³/mol. The predicted octanol–water partition coefficient (Wildman–Crippen LogP) is 5.54. The van der Waals surface area contributed by atoms with Gasteiger partial charge in [-0.15, -0.1) is 0 Å². The summed E-state index contributed by atoms with van der Waals surface area (Å²) in [5, 5.41) is 3.33. The number of ether oxygens (including phenoxy) is 1. The monoisotopic (exact) mass is 373 g/mol. The summed E-state index contributed by atoms with van der Waals surface area (Å²) < 4.78 is 19.5. The number of hydrogen-bond donors (Lipinski definition) is 1. The van der Waals surface area contributed by atoms with E-state index in [-0.39, 0.29) is 22.5 Å². The third-order valence-corrected chi connectivity index (χ3v) is 4.46. The van der Waals surface area contributed by atoms with Gasteiger partial charge in [-0.2, -0.15) is 0 Å². The zero-order chi connectivity index (χ0) is 18.1. The number of benzene rings is 1. The Morgan fingerprint density at radius 1 is 1.33 bits per heavy atom. The zero-order valence-electron chi connectivity index (χ0n) is 14.5. The van der Waals surface area contributed by atoms with Crippen LogP contribution in [0.5, 0.6) is 0 Å². The molecule has 0 aliphatic heterocycles. The van der Waals surface area contributed by atoms with E-state index < -0.39 is 5.82 Å². The number of thiocarbonyl (C=S) groups is 1. The second-order valence-corrected chi connectivity index (χ2v) is 6.54. The van der Waals surface area contributed by atoms with Gasteiger partial charge in [-0.3, -0.25) is 4.79 Å². The largest absolute Gasteiger partial charge is 0.487 e. The Labute approximate surface area is 153 Å². The molecule has 0 atom stereocenters. The van der Waals surface area contributed by atoms with Crippen LogP contribution in [0.15, 0.2) is 12.1 Å². The number of rotatable bonds is 9. The van der Waals surface area contributed by atoms with Gasteiger partial charge in [-0.25, -0.2) is 4.39 Å². The summed E-state index contributed by atoms with van der Waals surface area (Å²) in [7, 11) is 0. The topological polar surface area (TPSA) is 38.3 Å². The van der Waals surface area contributed by atoms with E-state index in [0.29, 0.717) is 36.5 Å². The van der Waals surface area contributed by atoms with Gasteiger partial charge in [-0.05, 0) is 49.2 Å². The van der Waals surface area contributed by atoms with E-state index in [9.17, 15) is 9.18 Å². The van der Waals surface area contributed by atoms with Crippen molar-refractivity contribution in [2.45, 2.75) is 52.9 Å². The van der Waals surface area contributed by atoms with Crippen LogP contribution in [0.3, 0.4) is 0 Å². The van der Waals surface area contributed by atoms with Gasteiger partial charge < -0.3 is 10.1 Å². The van der Waals surface area contributed by atoms with Crippen LogP contribution in [0.2, 0.25) is 5.02 Å². The highest BCUT2D eigenvalue weighted by atomic mass is 35.5. The van der Waals surface area contributed by atoms with Crippen LogP contribution in [-0.4, -0.2) is 17.6 Å². The Hall–Kier alpha value is -1.20. The van der Waals surface area contributed by atoms with E-state index >= 15 is 0 Å². The first-order valence-corrected chi connectivity index (χ1v) is 9.15. The Kier molecular flexibility index (Phi) is 9.22. The van der Waals surface area contributed by atoms with Crippen molar-refractivity contribution < 1.29 is 13.9 Å². The number of hydrogen-bond acceptors (Lipinski definition) is 3. The van der Waals surface area contributed by atoms with E-state index in [1.807, 2.05) is 13.8 Å². The molecule has 0 saturated heterocycles. The average Bonchev–Trinajstić information content (AvgIpc) is 2.53. The minimum absolute atomic E-state index is 0.127. The summed E-state index contributed by atoms with van der Waals surface area (Å²) in [6, 6.07) is 2.74. The molecule has 0 aliphatic rings. The lowest BCUT2D eigenvalue weighted by Gasteiger charge is -2.15. The molecular formula is C18H25ClFNO2S. The van der Waals surface area contributed by atoms with Crippen LogP contribution in [0.25, 0.3) is 0 Å². The average molecular weight is 374 g/mol. The number of anilines is 1. The molecule has 1 amide bonds. The van der Waals surface area contributed by atoms with Crippen LogP contribution < -0.4 is 5.32 Å². The molecule has 1 rings (SSSR count). The lowest BCUT2D eigenvalue weighted by Crippen LogP contribution is -2.22. The molecule has 0 saturated carbocycles. The molecule has 3 nitrogen and oxygen atoms in total. The number of nitrogens with one attached hydrogen (secondary N) is 1.